The Balaban J connectivity index is 2.18. The molecule has 2 unspecified atom stereocenters. The van der Waals surface area contributed by atoms with Crippen molar-refractivity contribution in [1.82, 2.24) is 4.98 Å². The number of aromatic nitrogens is 1. The Kier molecular flexibility index (Phi) is 3.82. The highest BCUT2D eigenvalue weighted by Gasteiger charge is 2.35. The van der Waals surface area contributed by atoms with Gasteiger partial charge in [-0.3, -0.25) is 4.79 Å². The molecule has 0 spiro atoms. The van der Waals surface area contributed by atoms with Crippen LogP contribution in [0.3, 0.4) is 0 Å². The van der Waals surface area contributed by atoms with E-state index in [0.717, 1.165) is 6.42 Å². The number of hydrogen-bond acceptors (Lipinski definition) is 2. The topological polar surface area (TPSA) is 36.1 Å². The first-order valence-electron chi connectivity index (χ1n) is 7.40. The van der Waals surface area contributed by atoms with Crippen LogP contribution >= 0.6 is 0 Å². The van der Waals surface area contributed by atoms with E-state index in [1.807, 2.05) is 11.8 Å². The summed E-state index contributed by atoms with van der Waals surface area (Å²) in [5.41, 5.74) is -1.10. The zero-order valence-electron chi connectivity index (χ0n) is 12.5. The molecule has 7 heteroatoms. The minimum absolute atomic E-state index is 0.0605. The van der Waals surface area contributed by atoms with Crippen LogP contribution in [0.15, 0.2) is 29.1 Å². The molecule has 2 aromatic rings. The molecule has 0 bridgehead atoms. The monoisotopic (exact) mass is 328 g/mol. The van der Waals surface area contributed by atoms with E-state index in [0.29, 0.717) is 18.2 Å². The van der Waals surface area contributed by atoms with E-state index in [9.17, 15) is 22.4 Å². The largest absolute Gasteiger partial charge is 0.417 e. The van der Waals surface area contributed by atoms with E-state index >= 15 is 0 Å². The molecule has 124 valence electrons. The van der Waals surface area contributed by atoms with Crippen LogP contribution in [-0.2, 0) is 6.18 Å². The van der Waals surface area contributed by atoms with Crippen LogP contribution in [0.2, 0.25) is 0 Å². The van der Waals surface area contributed by atoms with Crippen molar-refractivity contribution in [1.29, 1.82) is 0 Å². The van der Waals surface area contributed by atoms with Crippen LogP contribution < -0.4 is 10.5 Å². The van der Waals surface area contributed by atoms with E-state index in [-0.39, 0.29) is 23.0 Å². The molecule has 1 aromatic heterocycles. The zero-order chi connectivity index (χ0) is 16.8. The lowest BCUT2D eigenvalue weighted by Crippen LogP contribution is -2.35. The second-order valence-corrected chi connectivity index (χ2v) is 5.92. The third kappa shape index (κ3) is 2.80. The number of halogens is 4. The molecule has 0 aliphatic carbocycles. The van der Waals surface area contributed by atoms with Gasteiger partial charge in [-0.25, -0.2) is 4.39 Å². The van der Waals surface area contributed by atoms with Crippen LogP contribution in [0.1, 0.15) is 25.3 Å². The first-order chi connectivity index (χ1) is 10.8. The van der Waals surface area contributed by atoms with Gasteiger partial charge < -0.3 is 9.88 Å². The predicted molar refractivity (Wildman–Crippen MR) is 80.5 cm³/mol. The molecule has 1 N–H and O–H groups in total. The van der Waals surface area contributed by atoms with Crippen LogP contribution in [0.4, 0.5) is 23.2 Å². The minimum atomic E-state index is -4.62. The molecule has 0 amide bonds. The number of rotatable bonds is 2. The Labute approximate surface area is 129 Å². The predicted octanol–water partition coefficient (Wildman–Crippen LogP) is 3.87. The summed E-state index contributed by atoms with van der Waals surface area (Å²) in [5, 5.41) is -0.0775. The summed E-state index contributed by atoms with van der Waals surface area (Å²) < 4.78 is 52.8. The van der Waals surface area contributed by atoms with Gasteiger partial charge in [0.1, 0.15) is 6.67 Å². The molecule has 1 aromatic carbocycles. The fraction of sp³-hybridized carbons (Fsp3) is 0.438. The second kappa shape index (κ2) is 5.54. The van der Waals surface area contributed by atoms with Crippen LogP contribution in [0.5, 0.6) is 0 Å². The number of nitrogens with zero attached hydrogens (tertiary/aromatic N) is 1. The lowest BCUT2D eigenvalue weighted by atomic mass is 10.1. The Morgan fingerprint density at radius 1 is 1.26 bits per heavy atom. The number of nitrogens with one attached hydrogen (secondary N) is 1. The first kappa shape index (κ1) is 15.8. The average Bonchev–Trinajstić information content (AvgIpc) is 2.86. The number of alkyl halides is 4. The molecule has 1 saturated heterocycles. The summed E-state index contributed by atoms with van der Waals surface area (Å²) in [7, 11) is 0. The van der Waals surface area contributed by atoms with Gasteiger partial charge in [-0.15, -0.1) is 0 Å². The van der Waals surface area contributed by atoms with Gasteiger partial charge in [0.25, 0.3) is 0 Å². The minimum Gasteiger partial charge on any atom is -0.363 e. The number of pyridine rings is 1. The zero-order valence-corrected chi connectivity index (χ0v) is 12.5. The van der Waals surface area contributed by atoms with Gasteiger partial charge in [-0.1, -0.05) is 0 Å². The number of benzene rings is 1. The van der Waals surface area contributed by atoms with Gasteiger partial charge in [0.2, 0.25) is 5.56 Å². The lowest BCUT2D eigenvalue weighted by Gasteiger charge is -2.29. The Morgan fingerprint density at radius 2 is 2.00 bits per heavy atom. The van der Waals surface area contributed by atoms with E-state index in [4.69, 9.17) is 0 Å². The van der Waals surface area contributed by atoms with Gasteiger partial charge in [-0.05, 0) is 38.0 Å². The number of anilines is 1. The van der Waals surface area contributed by atoms with E-state index in [2.05, 4.69) is 4.98 Å². The van der Waals surface area contributed by atoms with Crippen molar-refractivity contribution in [3.05, 3.63) is 40.2 Å². The van der Waals surface area contributed by atoms with E-state index < -0.39 is 24.0 Å². The number of fused-ring (bicyclic) bond motifs is 1. The number of aromatic amines is 1. The molecule has 0 saturated carbocycles. The summed E-state index contributed by atoms with van der Waals surface area (Å²) >= 11 is 0. The normalized spacial score (nSPS) is 22.0. The van der Waals surface area contributed by atoms with Crippen LogP contribution in [0, 0.1) is 0 Å². The highest BCUT2D eigenvalue weighted by molar-refractivity contribution is 5.86. The molecule has 23 heavy (non-hydrogen) atoms. The van der Waals surface area contributed by atoms with E-state index in [1.165, 1.54) is 12.1 Å². The maximum absolute atomic E-state index is 13.2. The molecule has 1 aliphatic rings. The molecular formula is C16H16F4N2O. The smallest absolute Gasteiger partial charge is 0.363 e. The van der Waals surface area contributed by atoms with Gasteiger partial charge in [0.05, 0.1) is 11.6 Å². The summed E-state index contributed by atoms with van der Waals surface area (Å²) in [6.07, 6.45) is -3.15. The van der Waals surface area contributed by atoms with Crippen molar-refractivity contribution >= 4 is 16.6 Å². The quantitative estimate of drug-likeness (QED) is 0.850. The van der Waals surface area contributed by atoms with Gasteiger partial charge in [0, 0.05) is 28.7 Å². The molecule has 2 heterocycles. The third-order valence-corrected chi connectivity index (χ3v) is 4.39. The third-order valence-electron chi connectivity index (χ3n) is 4.39. The van der Waals surface area contributed by atoms with E-state index in [1.54, 1.807) is 6.07 Å². The summed E-state index contributed by atoms with van der Waals surface area (Å²) in [4.78, 5) is 15.7. The van der Waals surface area contributed by atoms with Gasteiger partial charge >= 0.3 is 6.18 Å². The Bertz CT molecular complexity index is 784. The van der Waals surface area contributed by atoms with Crippen LogP contribution in [0.25, 0.3) is 10.9 Å². The van der Waals surface area contributed by atoms with Crippen molar-refractivity contribution < 1.29 is 17.6 Å². The Hall–Kier alpha value is -2.05. The molecule has 0 radical (unpaired) electrons. The Morgan fingerprint density at radius 3 is 2.65 bits per heavy atom. The summed E-state index contributed by atoms with van der Waals surface area (Å²) in [6.45, 7) is 1.39. The fourth-order valence-electron chi connectivity index (χ4n) is 3.33. The van der Waals surface area contributed by atoms with Crippen molar-refractivity contribution in [3.63, 3.8) is 0 Å². The van der Waals surface area contributed by atoms with Crippen molar-refractivity contribution in [2.45, 2.75) is 38.0 Å². The van der Waals surface area contributed by atoms with Crippen molar-refractivity contribution in [3.8, 4) is 0 Å². The van der Waals surface area contributed by atoms with Crippen LogP contribution in [-0.4, -0.2) is 23.7 Å². The van der Waals surface area contributed by atoms with Gasteiger partial charge in [-0.2, -0.15) is 13.2 Å². The van der Waals surface area contributed by atoms with Crippen molar-refractivity contribution in [2.24, 2.45) is 0 Å². The standard InChI is InChI=1S/C16H16F4N2O/c1-9-2-3-11(8-17)22(9)10-4-5-14-12(6-10)13(16(18,19)20)7-15(23)21-14/h4-7,9,11H,2-3,8H2,1H3,(H,21,23). The highest BCUT2D eigenvalue weighted by Crippen LogP contribution is 2.37. The number of hydrogen-bond donors (Lipinski definition) is 1. The first-order valence-corrected chi connectivity index (χ1v) is 7.40. The maximum Gasteiger partial charge on any atom is 0.417 e. The SMILES string of the molecule is CC1CCC(CF)N1c1ccc2[nH]c(=O)cc(C(F)(F)F)c2c1. The molecule has 1 fully saturated rings. The summed E-state index contributed by atoms with van der Waals surface area (Å²) in [6, 6.07) is 4.76. The molecule has 2 atom stereocenters. The maximum atomic E-state index is 13.2. The molecule has 3 nitrogen and oxygen atoms in total. The van der Waals surface area contributed by atoms with Gasteiger partial charge in [0.15, 0.2) is 0 Å². The second-order valence-electron chi connectivity index (χ2n) is 5.92. The molecular weight excluding hydrogens is 312 g/mol. The highest BCUT2D eigenvalue weighted by atomic mass is 19.4. The summed E-state index contributed by atoms with van der Waals surface area (Å²) in [5.74, 6) is 0. The average molecular weight is 328 g/mol. The molecule has 3 rings (SSSR count). The lowest BCUT2D eigenvalue weighted by molar-refractivity contribution is -0.136. The number of H-pyrrole nitrogens is 1. The fourth-order valence-corrected chi connectivity index (χ4v) is 3.33. The molecule has 1 aliphatic heterocycles. The van der Waals surface area contributed by atoms with Crippen molar-refractivity contribution in [2.75, 3.05) is 11.6 Å².